The van der Waals surface area contributed by atoms with Gasteiger partial charge in [-0.25, -0.2) is 22.0 Å². The molecule has 0 fully saturated rings. The zero-order valence-electron chi connectivity index (χ0n) is 10.7. The van der Waals surface area contributed by atoms with Gasteiger partial charge in [0.25, 0.3) is 0 Å². The lowest BCUT2D eigenvalue weighted by Gasteiger charge is -2.06. The lowest BCUT2D eigenvalue weighted by Crippen LogP contribution is -2.06. The Morgan fingerprint density at radius 3 is 1.81 bits per heavy atom. The van der Waals surface area contributed by atoms with Crippen LogP contribution in [0.2, 0.25) is 0 Å². The Morgan fingerprint density at radius 2 is 1.29 bits per heavy atom. The van der Waals surface area contributed by atoms with Crippen LogP contribution in [-0.2, 0) is 0 Å². The molecule has 0 saturated heterocycles. The van der Waals surface area contributed by atoms with E-state index < -0.39 is 34.8 Å². The minimum atomic E-state index is -2.21. The van der Waals surface area contributed by atoms with Gasteiger partial charge >= 0.3 is 0 Å². The van der Waals surface area contributed by atoms with E-state index in [1.807, 2.05) is 12.3 Å². The molecule has 0 aliphatic rings. The summed E-state index contributed by atoms with van der Waals surface area (Å²) in [7, 11) is 0. The van der Waals surface area contributed by atoms with E-state index in [4.69, 9.17) is 0 Å². The summed E-state index contributed by atoms with van der Waals surface area (Å²) in [5.41, 5.74) is 2.22. The first-order chi connectivity index (χ1) is 9.91. The maximum atomic E-state index is 13.3. The van der Waals surface area contributed by atoms with E-state index in [0.29, 0.717) is 5.56 Å². The van der Waals surface area contributed by atoms with Gasteiger partial charge in [0.1, 0.15) is 5.69 Å². The van der Waals surface area contributed by atoms with Crippen molar-refractivity contribution in [2.45, 2.75) is 6.92 Å². The third kappa shape index (κ3) is 3.01. The highest BCUT2D eigenvalue weighted by Gasteiger charge is 2.25. The van der Waals surface area contributed by atoms with Crippen LogP contribution in [0.1, 0.15) is 11.1 Å². The van der Waals surface area contributed by atoms with Gasteiger partial charge in [-0.2, -0.15) is 5.10 Å². The summed E-state index contributed by atoms with van der Waals surface area (Å²) in [6.07, 6.45) is 1.19. The molecular weight excluding hydrogens is 291 g/mol. The normalized spacial score (nSPS) is 11.1. The van der Waals surface area contributed by atoms with Gasteiger partial charge in [-0.05, 0) is 12.5 Å². The second kappa shape index (κ2) is 5.90. The van der Waals surface area contributed by atoms with Gasteiger partial charge in [0, 0.05) is 0 Å². The lowest BCUT2D eigenvalue weighted by molar-refractivity contribution is 0.381. The molecule has 2 rings (SSSR count). The molecule has 0 aromatic heterocycles. The third-order valence-electron chi connectivity index (χ3n) is 2.68. The quantitative estimate of drug-likeness (QED) is 0.298. The van der Waals surface area contributed by atoms with Crippen molar-refractivity contribution in [2.24, 2.45) is 5.10 Å². The first-order valence-electron chi connectivity index (χ1n) is 5.79. The van der Waals surface area contributed by atoms with Crippen molar-refractivity contribution >= 4 is 11.9 Å². The number of hydrogen-bond donors (Lipinski definition) is 1. The Labute approximate surface area is 116 Å². The van der Waals surface area contributed by atoms with Crippen molar-refractivity contribution in [3.63, 3.8) is 0 Å². The summed E-state index contributed by atoms with van der Waals surface area (Å²) in [6, 6.07) is 6.91. The minimum Gasteiger partial charge on any atom is -0.272 e. The van der Waals surface area contributed by atoms with Crippen molar-refractivity contribution in [1.82, 2.24) is 0 Å². The largest absolute Gasteiger partial charge is 0.272 e. The number of benzene rings is 2. The highest BCUT2D eigenvalue weighted by molar-refractivity contribution is 5.80. The highest BCUT2D eigenvalue weighted by atomic mass is 19.2. The van der Waals surface area contributed by atoms with Gasteiger partial charge < -0.3 is 0 Å². The topological polar surface area (TPSA) is 24.4 Å². The molecule has 2 aromatic carbocycles. The SMILES string of the molecule is Cc1ccc(/C=N/Nc2c(F)c(F)c(F)c(F)c2F)cc1. The molecule has 0 bridgehead atoms. The van der Waals surface area contributed by atoms with Crippen molar-refractivity contribution in [3.8, 4) is 0 Å². The van der Waals surface area contributed by atoms with Crippen molar-refractivity contribution in [3.05, 3.63) is 64.5 Å². The summed E-state index contributed by atoms with van der Waals surface area (Å²) in [5, 5.41) is 3.46. The van der Waals surface area contributed by atoms with Gasteiger partial charge in [0.15, 0.2) is 23.3 Å². The van der Waals surface area contributed by atoms with E-state index in [1.165, 1.54) is 6.21 Å². The van der Waals surface area contributed by atoms with E-state index >= 15 is 0 Å². The molecule has 0 amide bonds. The molecule has 2 nitrogen and oxygen atoms in total. The number of nitrogens with zero attached hydrogens (tertiary/aromatic N) is 1. The number of nitrogens with one attached hydrogen (secondary N) is 1. The Bertz CT molecular complexity index is 666. The number of aryl methyl sites for hydroxylation is 1. The van der Waals surface area contributed by atoms with Gasteiger partial charge in [-0.1, -0.05) is 29.8 Å². The summed E-state index contributed by atoms with van der Waals surface area (Å²) >= 11 is 0. The first-order valence-corrected chi connectivity index (χ1v) is 5.79. The average Bonchev–Trinajstić information content (AvgIpc) is 2.48. The summed E-state index contributed by atoms with van der Waals surface area (Å²) < 4.78 is 65.4. The van der Waals surface area contributed by atoms with Crippen LogP contribution in [0, 0.1) is 36.0 Å². The van der Waals surface area contributed by atoms with Crippen LogP contribution in [0.4, 0.5) is 27.6 Å². The Kier molecular flexibility index (Phi) is 4.21. The van der Waals surface area contributed by atoms with E-state index in [-0.39, 0.29) is 0 Å². The van der Waals surface area contributed by atoms with Crippen molar-refractivity contribution < 1.29 is 22.0 Å². The molecular formula is C14H9F5N2. The number of anilines is 1. The van der Waals surface area contributed by atoms with E-state index in [1.54, 1.807) is 24.3 Å². The van der Waals surface area contributed by atoms with Crippen LogP contribution in [0.3, 0.4) is 0 Å². The number of hydrogen-bond acceptors (Lipinski definition) is 2. The van der Waals surface area contributed by atoms with Crippen molar-refractivity contribution in [2.75, 3.05) is 5.43 Å². The molecule has 7 heteroatoms. The second-order valence-electron chi connectivity index (χ2n) is 4.23. The lowest BCUT2D eigenvalue weighted by atomic mass is 10.2. The third-order valence-corrected chi connectivity index (χ3v) is 2.68. The van der Waals surface area contributed by atoms with Gasteiger partial charge in [0.2, 0.25) is 5.82 Å². The molecule has 0 aliphatic carbocycles. The fraction of sp³-hybridized carbons (Fsp3) is 0.0714. The molecule has 1 N–H and O–H groups in total. The van der Waals surface area contributed by atoms with Gasteiger partial charge in [-0.15, -0.1) is 0 Å². The standard InChI is InChI=1S/C14H9F5N2/c1-7-2-4-8(5-3-7)6-20-21-14-12(18)10(16)9(15)11(17)13(14)19/h2-6,21H,1H3/b20-6+. The predicted octanol–water partition coefficient (Wildman–Crippen LogP) is 4.14. The predicted molar refractivity (Wildman–Crippen MR) is 68.6 cm³/mol. The minimum absolute atomic E-state index is 0.594. The van der Waals surface area contributed by atoms with Crippen LogP contribution in [0.5, 0.6) is 0 Å². The number of halogens is 5. The van der Waals surface area contributed by atoms with Crippen LogP contribution in [0.25, 0.3) is 0 Å². The molecule has 2 aromatic rings. The van der Waals surface area contributed by atoms with Crippen LogP contribution < -0.4 is 5.43 Å². The maximum absolute atomic E-state index is 13.3. The average molecular weight is 300 g/mol. The van der Waals surface area contributed by atoms with Crippen LogP contribution in [0.15, 0.2) is 29.4 Å². The molecule has 0 spiro atoms. The van der Waals surface area contributed by atoms with E-state index in [2.05, 4.69) is 5.10 Å². The Hall–Kier alpha value is -2.44. The fourth-order valence-electron chi connectivity index (χ4n) is 1.53. The summed E-state index contributed by atoms with van der Waals surface area (Å²) in [5.74, 6) is -10.2. The zero-order valence-corrected chi connectivity index (χ0v) is 10.7. The molecule has 110 valence electrons. The molecule has 0 heterocycles. The van der Waals surface area contributed by atoms with Crippen LogP contribution >= 0.6 is 0 Å². The van der Waals surface area contributed by atoms with E-state index in [0.717, 1.165) is 5.56 Å². The molecule has 0 unspecified atom stereocenters. The van der Waals surface area contributed by atoms with Gasteiger partial charge in [0.05, 0.1) is 6.21 Å². The molecule has 0 aliphatic heterocycles. The van der Waals surface area contributed by atoms with Gasteiger partial charge in [-0.3, -0.25) is 5.43 Å². The molecule has 0 atom stereocenters. The molecule has 0 radical (unpaired) electrons. The molecule has 0 saturated carbocycles. The second-order valence-corrected chi connectivity index (χ2v) is 4.23. The summed E-state index contributed by atoms with van der Waals surface area (Å²) in [6.45, 7) is 1.87. The fourth-order valence-corrected chi connectivity index (χ4v) is 1.53. The number of rotatable bonds is 3. The smallest absolute Gasteiger partial charge is 0.200 e. The maximum Gasteiger partial charge on any atom is 0.200 e. The van der Waals surface area contributed by atoms with E-state index in [9.17, 15) is 22.0 Å². The highest BCUT2D eigenvalue weighted by Crippen LogP contribution is 2.26. The monoisotopic (exact) mass is 300 g/mol. The van der Waals surface area contributed by atoms with Crippen molar-refractivity contribution in [1.29, 1.82) is 0 Å². The number of hydrazone groups is 1. The zero-order chi connectivity index (χ0) is 15.6. The molecule has 21 heavy (non-hydrogen) atoms. The summed E-state index contributed by atoms with van der Waals surface area (Å²) in [4.78, 5) is 0. The first kappa shape index (κ1) is 15.0. The van der Waals surface area contributed by atoms with Crippen LogP contribution in [-0.4, -0.2) is 6.21 Å². The Balaban J connectivity index is 2.26. The Morgan fingerprint density at radius 1 is 0.810 bits per heavy atom.